The largest absolute Gasteiger partial charge is 0.253 e. The Hall–Kier alpha value is -5.03. The van der Waals surface area contributed by atoms with Gasteiger partial charge in [-0.25, -0.2) is 13.8 Å². The fourth-order valence-electron chi connectivity index (χ4n) is 7.13. The normalized spacial score (nSPS) is 24.1. The van der Waals surface area contributed by atoms with Gasteiger partial charge in [-0.3, -0.25) is 9.97 Å². The van der Waals surface area contributed by atoms with Crippen LogP contribution in [0, 0.1) is 0 Å². The first-order chi connectivity index (χ1) is 20.5. The highest BCUT2D eigenvalue weighted by Gasteiger charge is 2.46. The maximum atomic E-state index is 18.3. The zero-order valence-corrected chi connectivity index (χ0v) is 22.4. The van der Waals surface area contributed by atoms with Crippen LogP contribution in [-0.4, -0.2) is 15.0 Å². The molecule has 0 N–H and O–H groups in total. The highest BCUT2D eigenvalue weighted by molar-refractivity contribution is 5.56. The molecule has 4 aliphatic rings. The van der Waals surface area contributed by atoms with Gasteiger partial charge in [-0.15, -0.1) is 0 Å². The molecule has 6 aromatic rings. The van der Waals surface area contributed by atoms with Crippen LogP contribution in [-0.2, 0) is 11.3 Å². The summed E-state index contributed by atoms with van der Waals surface area (Å²) in [5, 5.41) is 0. The third-order valence-corrected chi connectivity index (χ3v) is 9.11. The molecule has 0 radical (unpaired) electrons. The Morgan fingerprint density at radius 1 is 0.405 bits per heavy atom. The molecule has 3 nitrogen and oxygen atoms in total. The molecule has 3 aromatic carbocycles. The van der Waals surface area contributed by atoms with Crippen molar-refractivity contribution in [2.75, 3.05) is 0 Å². The molecule has 42 heavy (non-hydrogen) atoms. The summed E-state index contributed by atoms with van der Waals surface area (Å²) in [7, 11) is 0. The predicted molar refractivity (Wildman–Crippen MR) is 156 cm³/mol. The second kappa shape index (κ2) is 8.26. The van der Waals surface area contributed by atoms with Gasteiger partial charge in [-0.2, -0.15) is 0 Å². The van der Waals surface area contributed by atoms with E-state index in [0.717, 1.165) is 22.3 Å². The number of pyridine rings is 3. The van der Waals surface area contributed by atoms with E-state index in [0.29, 0.717) is 22.5 Å². The van der Waals surface area contributed by atoms with Crippen molar-refractivity contribution in [3.8, 4) is 0 Å². The number of aromatic nitrogens is 3. The van der Waals surface area contributed by atoms with Gasteiger partial charge in [0.05, 0.1) is 46.0 Å². The first-order valence-corrected chi connectivity index (χ1v) is 14.1. The Bertz CT molecular complexity index is 1830. The number of benzene rings is 3. The van der Waals surface area contributed by atoms with Gasteiger partial charge in [0.2, 0.25) is 11.3 Å². The van der Waals surface area contributed by atoms with Crippen molar-refractivity contribution >= 4 is 0 Å². The van der Waals surface area contributed by atoms with Gasteiger partial charge < -0.3 is 0 Å². The third kappa shape index (κ3) is 3.05. The Morgan fingerprint density at radius 2 is 0.786 bits per heavy atom. The molecular formula is C37H23F2N3. The van der Waals surface area contributed by atoms with Crippen molar-refractivity contribution in [1.82, 2.24) is 15.0 Å². The molecule has 2 atom stereocenters. The summed E-state index contributed by atoms with van der Waals surface area (Å²) in [6.45, 7) is 0. The van der Waals surface area contributed by atoms with Crippen molar-refractivity contribution < 1.29 is 8.78 Å². The van der Waals surface area contributed by atoms with Crippen LogP contribution >= 0.6 is 0 Å². The van der Waals surface area contributed by atoms with E-state index >= 15 is 8.78 Å². The minimum absolute atomic E-state index is 0.0495. The summed E-state index contributed by atoms with van der Waals surface area (Å²) < 4.78 is 36.6. The average Bonchev–Trinajstić information content (AvgIpc) is 3.04. The summed E-state index contributed by atoms with van der Waals surface area (Å²) in [5.41, 5.74) is 2.00. The quantitative estimate of drug-likeness (QED) is 0.196. The minimum Gasteiger partial charge on any atom is -0.253 e. The van der Waals surface area contributed by atoms with Crippen LogP contribution in [0.25, 0.3) is 0 Å². The number of nitrogens with zero attached hydrogens (tertiary/aromatic N) is 3. The van der Waals surface area contributed by atoms with E-state index < -0.39 is 11.3 Å². The first kappa shape index (κ1) is 23.7. The lowest BCUT2D eigenvalue weighted by Crippen LogP contribution is -2.33. The molecule has 3 aromatic heterocycles. The molecule has 6 heterocycles. The van der Waals surface area contributed by atoms with E-state index in [1.807, 2.05) is 60.7 Å². The fraction of sp³-hybridized carbons (Fsp3) is 0.108. The molecule has 10 rings (SSSR count). The predicted octanol–water partition coefficient (Wildman–Crippen LogP) is 7.70. The fourth-order valence-corrected chi connectivity index (χ4v) is 7.13. The average molecular weight is 548 g/mol. The Labute approximate surface area is 241 Å². The maximum absolute atomic E-state index is 18.3. The van der Waals surface area contributed by atoms with E-state index in [4.69, 9.17) is 15.0 Å². The van der Waals surface area contributed by atoms with E-state index in [1.54, 1.807) is 42.5 Å². The van der Waals surface area contributed by atoms with E-state index in [2.05, 4.69) is 24.3 Å². The summed E-state index contributed by atoms with van der Waals surface area (Å²) in [6.07, 6.45) is 0. The van der Waals surface area contributed by atoms with Crippen LogP contribution in [0.3, 0.4) is 0 Å². The smallest absolute Gasteiger partial charge is 0.236 e. The molecule has 0 amide bonds. The Balaban J connectivity index is 1.58. The van der Waals surface area contributed by atoms with E-state index in [9.17, 15) is 0 Å². The van der Waals surface area contributed by atoms with Crippen LogP contribution < -0.4 is 0 Å². The molecule has 3 aliphatic heterocycles. The molecule has 200 valence electrons. The lowest BCUT2D eigenvalue weighted by atomic mass is 9.76. The standard InChI is InChI=1S/C37H23F2N3/c38-36-26-11-2-9-24(20-26)34-22-7-1-8-23(19-22)35(25-10-3-12-27(36)21-25)29-14-5-16-32(41-29)37(39,31-15-4-13-28(34)40-31)33-18-6-17-30(36)42-33/h1-21,34-35H. The molecule has 5 heteroatoms. The lowest BCUT2D eigenvalue weighted by molar-refractivity contribution is 0.246. The van der Waals surface area contributed by atoms with Crippen molar-refractivity contribution in [3.05, 3.63) is 195 Å². The lowest BCUT2D eigenvalue weighted by Gasteiger charge is -2.33. The van der Waals surface area contributed by atoms with E-state index in [-0.39, 0.29) is 34.6 Å². The van der Waals surface area contributed by atoms with E-state index in [1.165, 1.54) is 0 Å². The second-order valence-electron chi connectivity index (χ2n) is 11.4. The van der Waals surface area contributed by atoms with Crippen LogP contribution in [0.2, 0.25) is 0 Å². The van der Waals surface area contributed by atoms with Crippen LogP contribution in [0.5, 0.6) is 0 Å². The molecule has 16 bridgehead atoms. The van der Waals surface area contributed by atoms with Gasteiger partial charge in [0, 0.05) is 0 Å². The third-order valence-electron chi connectivity index (χ3n) is 9.11. The zero-order chi connectivity index (χ0) is 28.1. The van der Waals surface area contributed by atoms with Crippen molar-refractivity contribution in [2.45, 2.75) is 23.2 Å². The van der Waals surface area contributed by atoms with Crippen LogP contribution in [0.15, 0.2) is 127 Å². The summed E-state index contributed by atoms with van der Waals surface area (Å²) in [5.74, 6) is -0.707. The molecule has 0 saturated heterocycles. The molecular weight excluding hydrogens is 524 g/mol. The summed E-state index contributed by atoms with van der Waals surface area (Å²) >= 11 is 0. The summed E-state index contributed by atoms with van der Waals surface area (Å²) in [6, 6.07) is 39.5. The summed E-state index contributed by atoms with van der Waals surface area (Å²) in [4.78, 5) is 14.8. The molecule has 0 saturated carbocycles. The van der Waals surface area contributed by atoms with Gasteiger partial charge in [-0.05, 0) is 69.8 Å². The zero-order valence-electron chi connectivity index (χ0n) is 22.4. The van der Waals surface area contributed by atoms with Crippen molar-refractivity contribution in [1.29, 1.82) is 0 Å². The number of hydrogen-bond donors (Lipinski definition) is 0. The highest BCUT2D eigenvalue weighted by Crippen LogP contribution is 2.48. The van der Waals surface area contributed by atoms with Gasteiger partial charge in [-0.1, -0.05) is 91.0 Å². The van der Waals surface area contributed by atoms with Crippen molar-refractivity contribution in [2.24, 2.45) is 0 Å². The van der Waals surface area contributed by atoms with Crippen LogP contribution in [0.1, 0.15) is 79.4 Å². The maximum Gasteiger partial charge on any atom is 0.236 e. The van der Waals surface area contributed by atoms with Gasteiger partial charge in [0.1, 0.15) is 0 Å². The monoisotopic (exact) mass is 547 g/mol. The van der Waals surface area contributed by atoms with Crippen molar-refractivity contribution in [3.63, 3.8) is 0 Å². The molecule has 0 spiro atoms. The van der Waals surface area contributed by atoms with Gasteiger partial charge in [0.25, 0.3) is 0 Å². The first-order valence-electron chi connectivity index (χ1n) is 14.1. The van der Waals surface area contributed by atoms with Gasteiger partial charge in [0.15, 0.2) is 0 Å². The number of alkyl halides is 2. The molecule has 0 fully saturated rings. The topological polar surface area (TPSA) is 38.7 Å². The molecule has 2 unspecified atom stereocenters. The number of halogens is 2. The number of rotatable bonds is 0. The minimum atomic E-state index is -2.33. The Morgan fingerprint density at radius 3 is 1.31 bits per heavy atom. The highest BCUT2D eigenvalue weighted by atomic mass is 19.1. The molecule has 1 aliphatic carbocycles. The SMILES string of the molecule is FC12c3cccc(c3)C3c4cccc(c4)C(c4cccc1c4)c1cccc(n1)C(F)(c1cccc3n1)c1cccc2n1. The number of hydrogen-bond acceptors (Lipinski definition) is 3. The van der Waals surface area contributed by atoms with Gasteiger partial charge >= 0.3 is 0 Å². The second-order valence-corrected chi connectivity index (χ2v) is 11.4. The van der Waals surface area contributed by atoms with Crippen LogP contribution in [0.4, 0.5) is 8.78 Å². The Kier molecular flexibility index (Phi) is 4.65.